The lowest BCUT2D eigenvalue weighted by atomic mass is 9.85. The summed E-state index contributed by atoms with van der Waals surface area (Å²) in [5.41, 5.74) is 6.07. The van der Waals surface area contributed by atoms with E-state index >= 15 is 0 Å². The molecule has 176 valence electrons. The Morgan fingerprint density at radius 3 is 1.81 bits per heavy atom. The van der Waals surface area contributed by atoms with Gasteiger partial charge in [-0.15, -0.1) is 0 Å². The minimum Gasteiger partial charge on any atom is -0.0911 e. The molecule has 6 aromatic carbocycles. The standard InChI is InChI=1S/C37H28/c1-27(15-4-2-5-16-28-17-6-3-7-18-28)36-32-22-10-12-24-34(32)37(35-25-13-11-23-33(35)36)31-26-14-20-29-19-8-9-21-30(29)31/h2-15,17-26H,1,16H2/b5-2-,15-4-. The fraction of sp³-hybridized carbons (Fsp3) is 0.0270. The first-order chi connectivity index (χ1) is 18.3. The number of allylic oxidation sites excluding steroid dienone is 5. The highest BCUT2D eigenvalue weighted by Crippen LogP contribution is 2.43. The molecule has 0 radical (unpaired) electrons. The number of hydrogen-bond acceptors (Lipinski definition) is 0. The average Bonchev–Trinajstić information content (AvgIpc) is 2.96. The van der Waals surface area contributed by atoms with Gasteiger partial charge in [-0.25, -0.2) is 0 Å². The van der Waals surface area contributed by atoms with Crippen LogP contribution in [0.25, 0.3) is 49.0 Å². The van der Waals surface area contributed by atoms with Gasteiger partial charge in [0.1, 0.15) is 0 Å². The largest absolute Gasteiger partial charge is 0.0911 e. The van der Waals surface area contributed by atoms with Crippen LogP contribution in [-0.2, 0) is 6.42 Å². The van der Waals surface area contributed by atoms with Crippen LogP contribution in [-0.4, -0.2) is 0 Å². The van der Waals surface area contributed by atoms with Crippen molar-refractivity contribution in [3.63, 3.8) is 0 Å². The Kier molecular flexibility index (Phi) is 6.23. The second-order valence-corrected chi connectivity index (χ2v) is 9.37. The SMILES string of the molecule is C=C(/C=C\C=C/Cc1ccccc1)c1c2ccccc2c(-c2cccc3ccccc23)c2ccccc12. The molecule has 0 aromatic heterocycles. The quantitative estimate of drug-likeness (QED) is 0.167. The summed E-state index contributed by atoms with van der Waals surface area (Å²) in [7, 11) is 0. The molecular formula is C37H28. The summed E-state index contributed by atoms with van der Waals surface area (Å²) in [6.07, 6.45) is 9.47. The number of fused-ring (bicyclic) bond motifs is 3. The summed E-state index contributed by atoms with van der Waals surface area (Å²) < 4.78 is 0. The van der Waals surface area contributed by atoms with Gasteiger partial charge in [-0.3, -0.25) is 0 Å². The fourth-order valence-electron chi connectivity index (χ4n) is 5.36. The molecule has 0 N–H and O–H groups in total. The van der Waals surface area contributed by atoms with Crippen LogP contribution in [0, 0.1) is 0 Å². The first-order valence-corrected chi connectivity index (χ1v) is 12.8. The molecule has 0 saturated heterocycles. The predicted octanol–water partition coefficient (Wildman–Crippen LogP) is 10.2. The number of benzene rings is 6. The van der Waals surface area contributed by atoms with Crippen molar-refractivity contribution >= 4 is 37.9 Å². The van der Waals surface area contributed by atoms with Crippen LogP contribution in [0.2, 0.25) is 0 Å². The van der Waals surface area contributed by atoms with Gasteiger partial charge >= 0.3 is 0 Å². The van der Waals surface area contributed by atoms with E-state index < -0.39 is 0 Å². The van der Waals surface area contributed by atoms with Gasteiger partial charge in [0.25, 0.3) is 0 Å². The van der Waals surface area contributed by atoms with Gasteiger partial charge < -0.3 is 0 Å². The molecule has 0 aliphatic rings. The Hall–Kier alpha value is -4.68. The molecule has 0 nitrogen and oxygen atoms in total. The van der Waals surface area contributed by atoms with Crippen LogP contribution < -0.4 is 0 Å². The van der Waals surface area contributed by atoms with Crippen molar-refractivity contribution < 1.29 is 0 Å². The summed E-state index contributed by atoms with van der Waals surface area (Å²) in [5.74, 6) is 0. The lowest BCUT2D eigenvalue weighted by Crippen LogP contribution is -1.92. The molecule has 0 spiro atoms. The van der Waals surface area contributed by atoms with Crippen molar-refractivity contribution in [2.45, 2.75) is 6.42 Å². The first kappa shape index (κ1) is 22.8. The Labute approximate surface area is 218 Å². The smallest absolute Gasteiger partial charge is 0.00201 e. The van der Waals surface area contributed by atoms with Crippen LogP contribution in [0.1, 0.15) is 11.1 Å². The van der Waals surface area contributed by atoms with E-state index in [1.807, 2.05) is 0 Å². The molecule has 0 heteroatoms. The Morgan fingerprint density at radius 1 is 0.541 bits per heavy atom. The highest BCUT2D eigenvalue weighted by Gasteiger charge is 2.17. The normalized spacial score (nSPS) is 11.8. The molecule has 0 heterocycles. The average molecular weight is 473 g/mol. The summed E-state index contributed by atoms with van der Waals surface area (Å²) in [4.78, 5) is 0. The minimum atomic E-state index is 0.920. The molecule has 0 atom stereocenters. The van der Waals surface area contributed by atoms with Gasteiger partial charge in [-0.2, -0.15) is 0 Å². The van der Waals surface area contributed by atoms with Crippen molar-refractivity contribution in [1.29, 1.82) is 0 Å². The van der Waals surface area contributed by atoms with Crippen molar-refractivity contribution in [1.82, 2.24) is 0 Å². The molecule has 37 heavy (non-hydrogen) atoms. The molecule has 6 aromatic rings. The molecule has 0 amide bonds. The monoisotopic (exact) mass is 472 g/mol. The van der Waals surface area contributed by atoms with E-state index in [1.165, 1.54) is 54.6 Å². The highest BCUT2D eigenvalue weighted by molar-refractivity contribution is 6.21. The van der Waals surface area contributed by atoms with Gasteiger partial charge in [-0.1, -0.05) is 152 Å². The zero-order valence-corrected chi connectivity index (χ0v) is 20.8. The molecule has 0 aliphatic heterocycles. The van der Waals surface area contributed by atoms with E-state index in [2.05, 4.69) is 152 Å². The van der Waals surface area contributed by atoms with E-state index in [4.69, 9.17) is 0 Å². The predicted molar refractivity (Wildman–Crippen MR) is 162 cm³/mol. The summed E-state index contributed by atoms with van der Waals surface area (Å²) >= 11 is 0. The second-order valence-electron chi connectivity index (χ2n) is 9.37. The Balaban J connectivity index is 1.49. The van der Waals surface area contributed by atoms with Gasteiger partial charge in [0, 0.05) is 0 Å². The molecule has 0 saturated carbocycles. The van der Waals surface area contributed by atoms with Crippen molar-refractivity contribution in [3.8, 4) is 11.1 Å². The van der Waals surface area contributed by atoms with Crippen LogP contribution >= 0.6 is 0 Å². The third-order valence-corrected chi connectivity index (χ3v) is 7.05. The minimum absolute atomic E-state index is 0.920. The van der Waals surface area contributed by atoms with E-state index in [-0.39, 0.29) is 0 Å². The van der Waals surface area contributed by atoms with Crippen LogP contribution in [0.3, 0.4) is 0 Å². The maximum Gasteiger partial charge on any atom is -0.00201 e. The van der Waals surface area contributed by atoms with E-state index in [9.17, 15) is 0 Å². The lowest BCUT2D eigenvalue weighted by molar-refractivity contribution is 1.27. The zero-order valence-electron chi connectivity index (χ0n) is 20.8. The first-order valence-electron chi connectivity index (χ1n) is 12.8. The molecule has 0 fully saturated rings. The molecule has 0 bridgehead atoms. The topological polar surface area (TPSA) is 0 Å². The van der Waals surface area contributed by atoms with Gasteiger partial charge in [0.2, 0.25) is 0 Å². The summed E-state index contributed by atoms with van der Waals surface area (Å²) in [6.45, 7) is 4.51. The Bertz CT molecular complexity index is 1740. The van der Waals surface area contributed by atoms with Gasteiger partial charge in [0.15, 0.2) is 0 Å². The number of hydrogen-bond donors (Lipinski definition) is 0. The van der Waals surface area contributed by atoms with Gasteiger partial charge in [-0.05, 0) is 66.6 Å². The maximum absolute atomic E-state index is 4.51. The van der Waals surface area contributed by atoms with E-state index in [0.29, 0.717) is 0 Å². The van der Waals surface area contributed by atoms with Crippen molar-refractivity contribution in [3.05, 3.63) is 163 Å². The summed E-state index contributed by atoms with van der Waals surface area (Å²) in [6, 6.07) is 43.3. The Morgan fingerprint density at radius 2 is 1.11 bits per heavy atom. The fourth-order valence-corrected chi connectivity index (χ4v) is 5.36. The van der Waals surface area contributed by atoms with E-state index in [0.717, 1.165) is 12.0 Å². The van der Waals surface area contributed by atoms with Gasteiger partial charge in [0.05, 0.1) is 0 Å². The third kappa shape index (κ3) is 4.39. The molecule has 0 unspecified atom stereocenters. The maximum atomic E-state index is 4.51. The van der Waals surface area contributed by atoms with Crippen LogP contribution in [0.4, 0.5) is 0 Å². The van der Waals surface area contributed by atoms with Crippen molar-refractivity contribution in [2.75, 3.05) is 0 Å². The second kappa shape index (κ2) is 10.1. The van der Waals surface area contributed by atoms with E-state index in [1.54, 1.807) is 0 Å². The zero-order chi connectivity index (χ0) is 25.0. The van der Waals surface area contributed by atoms with Crippen molar-refractivity contribution in [2.24, 2.45) is 0 Å². The molecule has 6 rings (SSSR count). The number of rotatable bonds is 6. The lowest BCUT2D eigenvalue weighted by Gasteiger charge is -2.18. The third-order valence-electron chi connectivity index (χ3n) is 7.05. The molecular weight excluding hydrogens is 444 g/mol. The van der Waals surface area contributed by atoms with Crippen LogP contribution in [0.15, 0.2) is 152 Å². The summed E-state index contributed by atoms with van der Waals surface area (Å²) in [5, 5.41) is 7.49. The van der Waals surface area contributed by atoms with Crippen LogP contribution in [0.5, 0.6) is 0 Å². The highest BCUT2D eigenvalue weighted by atomic mass is 14.2. The molecule has 0 aliphatic carbocycles.